The SMILES string of the molecule is C[C@H](COC[C@H](C)OC(=O)c1ccccc1O)OC(=O)c1ccccc1O. The van der Waals surface area contributed by atoms with Gasteiger partial charge in [-0.05, 0) is 38.1 Å². The molecule has 0 spiro atoms. The van der Waals surface area contributed by atoms with Crippen LogP contribution in [0.5, 0.6) is 11.5 Å². The van der Waals surface area contributed by atoms with E-state index in [1.165, 1.54) is 24.3 Å². The third-order valence-corrected chi connectivity index (χ3v) is 3.57. The van der Waals surface area contributed by atoms with Crippen LogP contribution in [0.15, 0.2) is 48.5 Å². The van der Waals surface area contributed by atoms with Gasteiger partial charge in [-0.3, -0.25) is 0 Å². The predicted octanol–water partition coefficient (Wildman–Crippen LogP) is 2.91. The van der Waals surface area contributed by atoms with Gasteiger partial charge in [-0.1, -0.05) is 24.3 Å². The van der Waals surface area contributed by atoms with Gasteiger partial charge in [0.2, 0.25) is 0 Å². The van der Waals surface area contributed by atoms with Crippen molar-refractivity contribution in [2.24, 2.45) is 0 Å². The summed E-state index contributed by atoms with van der Waals surface area (Å²) in [4.78, 5) is 24.0. The van der Waals surface area contributed by atoms with Crippen molar-refractivity contribution >= 4 is 11.9 Å². The molecule has 0 radical (unpaired) electrons. The minimum Gasteiger partial charge on any atom is -0.507 e. The molecule has 0 amide bonds. The first kappa shape index (κ1) is 20.3. The standard InChI is InChI=1S/C20H22O7/c1-13(26-19(23)15-7-3-5-9-17(15)21)11-25-12-14(2)27-20(24)16-8-4-6-10-18(16)22/h3-10,13-14,21-22H,11-12H2,1-2H3/t13-,14+. The number of para-hydroxylation sites is 2. The third kappa shape index (κ3) is 6.00. The lowest BCUT2D eigenvalue weighted by atomic mass is 10.2. The van der Waals surface area contributed by atoms with Crippen molar-refractivity contribution in [3.05, 3.63) is 59.7 Å². The summed E-state index contributed by atoms with van der Waals surface area (Å²) in [6, 6.07) is 12.2. The molecule has 2 rings (SSSR count). The minimum atomic E-state index is -0.650. The molecule has 0 aliphatic carbocycles. The van der Waals surface area contributed by atoms with E-state index in [1.807, 2.05) is 0 Å². The number of esters is 2. The number of hydrogen-bond acceptors (Lipinski definition) is 7. The summed E-state index contributed by atoms with van der Waals surface area (Å²) in [6.07, 6.45) is -1.11. The van der Waals surface area contributed by atoms with E-state index in [0.717, 1.165) is 0 Å². The van der Waals surface area contributed by atoms with E-state index in [0.29, 0.717) is 0 Å². The normalized spacial score (nSPS) is 12.8. The Labute approximate surface area is 157 Å². The number of phenolic OH excluding ortho intramolecular Hbond substituents is 2. The van der Waals surface area contributed by atoms with Gasteiger partial charge < -0.3 is 24.4 Å². The molecule has 144 valence electrons. The van der Waals surface area contributed by atoms with Crippen molar-refractivity contribution in [3.63, 3.8) is 0 Å². The number of rotatable bonds is 8. The molecule has 0 aliphatic rings. The number of benzene rings is 2. The summed E-state index contributed by atoms with van der Waals surface area (Å²) in [5.74, 6) is -1.60. The Morgan fingerprint density at radius 1 is 0.778 bits per heavy atom. The van der Waals surface area contributed by atoms with Crippen molar-refractivity contribution < 1.29 is 34.0 Å². The third-order valence-electron chi connectivity index (χ3n) is 3.57. The van der Waals surface area contributed by atoms with E-state index in [2.05, 4.69) is 0 Å². The van der Waals surface area contributed by atoms with E-state index in [1.54, 1.807) is 38.1 Å². The Balaban J connectivity index is 1.73. The van der Waals surface area contributed by atoms with E-state index >= 15 is 0 Å². The number of hydrogen-bond donors (Lipinski definition) is 2. The zero-order valence-corrected chi connectivity index (χ0v) is 15.1. The smallest absolute Gasteiger partial charge is 0.342 e. The lowest BCUT2D eigenvalue weighted by Crippen LogP contribution is -2.25. The molecule has 2 atom stereocenters. The lowest BCUT2D eigenvalue weighted by Gasteiger charge is -2.17. The number of ether oxygens (including phenoxy) is 3. The second-order valence-electron chi connectivity index (χ2n) is 6.00. The van der Waals surface area contributed by atoms with Crippen molar-refractivity contribution in [2.45, 2.75) is 26.1 Å². The molecule has 0 bridgehead atoms. The summed E-state index contributed by atoms with van der Waals surface area (Å²) < 4.78 is 15.8. The van der Waals surface area contributed by atoms with Gasteiger partial charge in [0.15, 0.2) is 0 Å². The summed E-state index contributed by atoms with van der Waals surface area (Å²) in [7, 11) is 0. The maximum atomic E-state index is 12.0. The largest absolute Gasteiger partial charge is 0.507 e. The number of carbonyl (C=O) groups excluding carboxylic acids is 2. The highest BCUT2D eigenvalue weighted by molar-refractivity contribution is 5.92. The van der Waals surface area contributed by atoms with Gasteiger partial charge in [0.25, 0.3) is 0 Å². The monoisotopic (exact) mass is 374 g/mol. The fourth-order valence-electron chi connectivity index (χ4n) is 2.25. The van der Waals surface area contributed by atoms with Crippen molar-refractivity contribution in [2.75, 3.05) is 13.2 Å². The van der Waals surface area contributed by atoms with Gasteiger partial charge in [-0.15, -0.1) is 0 Å². The van der Waals surface area contributed by atoms with Crippen LogP contribution in [0, 0.1) is 0 Å². The van der Waals surface area contributed by atoms with Gasteiger partial charge in [-0.25, -0.2) is 9.59 Å². The maximum Gasteiger partial charge on any atom is 0.342 e. The van der Waals surface area contributed by atoms with Crippen LogP contribution in [0.25, 0.3) is 0 Å². The van der Waals surface area contributed by atoms with Crippen molar-refractivity contribution in [1.82, 2.24) is 0 Å². The second-order valence-corrected chi connectivity index (χ2v) is 6.00. The van der Waals surface area contributed by atoms with Gasteiger partial charge in [0, 0.05) is 0 Å². The molecule has 0 unspecified atom stereocenters. The highest BCUT2D eigenvalue weighted by Crippen LogP contribution is 2.18. The van der Waals surface area contributed by atoms with Crippen LogP contribution in [0.3, 0.4) is 0 Å². The Kier molecular flexibility index (Phi) is 7.19. The van der Waals surface area contributed by atoms with E-state index in [9.17, 15) is 19.8 Å². The van der Waals surface area contributed by atoms with Gasteiger partial charge in [0.05, 0.1) is 13.2 Å². The molecule has 2 aromatic rings. The lowest BCUT2D eigenvalue weighted by molar-refractivity contribution is -0.0263. The number of carbonyl (C=O) groups is 2. The average molecular weight is 374 g/mol. The van der Waals surface area contributed by atoms with Gasteiger partial charge >= 0.3 is 11.9 Å². The topological polar surface area (TPSA) is 102 Å². The molecule has 2 N–H and O–H groups in total. The van der Waals surface area contributed by atoms with Gasteiger partial charge in [-0.2, -0.15) is 0 Å². The van der Waals surface area contributed by atoms with E-state index in [-0.39, 0.29) is 35.8 Å². The summed E-state index contributed by atoms with van der Waals surface area (Å²) >= 11 is 0. The zero-order chi connectivity index (χ0) is 19.8. The van der Waals surface area contributed by atoms with Crippen LogP contribution in [0.1, 0.15) is 34.6 Å². The highest BCUT2D eigenvalue weighted by Gasteiger charge is 2.18. The van der Waals surface area contributed by atoms with Crippen LogP contribution in [-0.4, -0.2) is 47.6 Å². The molecule has 0 aliphatic heterocycles. The quantitative estimate of drug-likeness (QED) is 0.685. The molecule has 7 nitrogen and oxygen atoms in total. The molecule has 0 saturated heterocycles. The zero-order valence-electron chi connectivity index (χ0n) is 15.1. The molecule has 0 aromatic heterocycles. The number of phenols is 2. The van der Waals surface area contributed by atoms with E-state index in [4.69, 9.17) is 14.2 Å². The molecular weight excluding hydrogens is 352 g/mol. The first-order valence-electron chi connectivity index (χ1n) is 8.44. The Bertz CT molecular complexity index is 722. The summed E-state index contributed by atoms with van der Waals surface area (Å²) in [5, 5.41) is 19.3. The number of aromatic hydroxyl groups is 2. The minimum absolute atomic E-state index is 0.0781. The Morgan fingerprint density at radius 3 is 1.52 bits per heavy atom. The first-order chi connectivity index (χ1) is 12.9. The molecule has 27 heavy (non-hydrogen) atoms. The van der Waals surface area contributed by atoms with Gasteiger partial charge in [0.1, 0.15) is 34.8 Å². The van der Waals surface area contributed by atoms with Crippen molar-refractivity contribution in [3.8, 4) is 11.5 Å². The second kappa shape index (κ2) is 9.59. The Morgan fingerprint density at radius 2 is 1.15 bits per heavy atom. The predicted molar refractivity (Wildman–Crippen MR) is 96.8 cm³/mol. The van der Waals surface area contributed by atoms with Crippen LogP contribution >= 0.6 is 0 Å². The average Bonchev–Trinajstić information content (AvgIpc) is 2.62. The molecule has 2 aromatic carbocycles. The molecular formula is C20H22O7. The Hall–Kier alpha value is -3.06. The van der Waals surface area contributed by atoms with E-state index < -0.39 is 24.1 Å². The van der Waals surface area contributed by atoms with Crippen LogP contribution in [0.2, 0.25) is 0 Å². The molecule has 0 fully saturated rings. The first-order valence-corrected chi connectivity index (χ1v) is 8.44. The maximum absolute atomic E-state index is 12.0. The summed E-state index contributed by atoms with van der Waals surface area (Å²) in [5.41, 5.74) is 0.156. The fraction of sp³-hybridized carbons (Fsp3) is 0.300. The van der Waals surface area contributed by atoms with Crippen LogP contribution in [-0.2, 0) is 14.2 Å². The molecule has 0 saturated carbocycles. The van der Waals surface area contributed by atoms with Crippen LogP contribution in [0.4, 0.5) is 0 Å². The highest BCUT2D eigenvalue weighted by atomic mass is 16.6. The van der Waals surface area contributed by atoms with Crippen molar-refractivity contribution in [1.29, 1.82) is 0 Å². The fourth-order valence-corrected chi connectivity index (χ4v) is 2.25. The van der Waals surface area contributed by atoms with Crippen LogP contribution < -0.4 is 0 Å². The molecule has 0 heterocycles. The summed E-state index contributed by atoms with van der Waals surface area (Å²) in [6.45, 7) is 3.49. The molecule has 7 heteroatoms.